The second kappa shape index (κ2) is 23.5. The van der Waals surface area contributed by atoms with Gasteiger partial charge in [-0.15, -0.1) is 0 Å². The summed E-state index contributed by atoms with van der Waals surface area (Å²) in [7, 11) is 0. The predicted molar refractivity (Wildman–Crippen MR) is 296 cm³/mol. The monoisotopic (exact) mass is 948 g/mol. The molecule has 0 bridgehead atoms. The molecule has 0 radical (unpaired) electrons. The lowest BCUT2D eigenvalue weighted by Crippen LogP contribution is -2.44. The zero-order valence-corrected chi connectivity index (χ0v) is 46.6. The van der Waals surface area contributed by atoms with Crippen LogP contribution < -0.4 is 0 Å². The number of rotatable bonds is 0. The van der Waals surface area contributed by atoms with Gasteiger partial charge in [0.15, 0.2) is 0 Å². The van der Waals surface area contributed by atoms with Gasteiger partial charge in [0.05, 0.1) is 5.69 Å². The molecule has 7 heteroatoms. The van der Waals surface area contributed by atoms with Crippen LogP contribution in [0.3, 0.4) is 0 Å². The number of aryl methyl sites for hydroxylation is 1. The van der Waals surface area contributed by atoms with Gasteiger partial charge in [0.1, 0.15) is 0 Å². The maximum atomic E-state index is 4.44. The average molecular weight is 948 g/mol. The SMILES string of the molecule is CC(C)(C)C1CCCc2ccccc21.CC(C)(C)N1CCc2ccccc2C1.CC(C)(C)N1CCc2cccnc2C1.CC(C)(C)N1CCc2ccncc2C1.CC(C)(C)N1CCc2ncccc2C1. The molecule has 0 N–H and O–H groups in total. The molecule has 7 heterocycles. The van der Waals surface area contributed by atoms with Crippen molar-refractivity contribution in [1.82, 2.24) is 34.6 Å². The number of pyridine rings is 3. The quantitative estimate of drug-likeness (QED) is 0.153. The summed E-state index contributed by atoms with van der Waals surface area (Å²) in [6.45, 7) is 43.2. The number of nitrogens with zero attached hydrogens (tertiary/aromatic N) is 7. The molecule has 0 fully saturated rings. The van der Waals surface area contributed by atoms with Gasteiger partial charge in [-0.3, -0.25) is 34.6 Å². The van der Waals surface area contributed by atoms with Gasteiger partial charge in [0.25, 0.3) is 0 Å². The van der Waals surface area contributed by atoms with Crippen LogP contribution in [0.4, 0.5) is 0 Å². The van der Waals surface area contributed by atoms with Crippen LogP contribution in [-0.2, 0) is 58.3 Å². The predicted octanol–water partition coefficient (Wildman–Crippen LogP) is 13.7. The molecule has 1 unspecified atom stereocenters. The highest BCUT2D eigenvalue weighted by Crippen LogP contribution is 2.43. The van der Waals surface area contributed by atoms with Crippen molar-refractivity contribution in [3.8, 4) is 0 Å². The molecule has 70 heavy (non-hydrogen) atoms. The Morgan fingerprint density at radius 2 is 0.829 bits per heavy atom. The van der Waals surface area contributed by atoms with Crippen molar-refractivity contribution in [2.24, 2.45) is 5.41 Å². The summed E-state index contributed by atoms with van der Waals surface area (Å²) in [5, 5.41) is 0. The highest BCUT2D eigenvalue weighted by atomic mass is 15.2. The van der Waals surface area contributed by atoms with E-state index in [1.807, 2.05) is 36.9 Å². The van der Waals surface area contributed by atoms with Gasteiger partial charge in [0, 0.05) is 111 Å². The second-order valence-electron chi connectivity index (χ2n) is 25.5. The number of aromatic nitrogens is 3. The molecule has 7 nitrogen and oxygen atoms in total. The van der Waals surface area contributed by atoms with Crippen LogP contribution in [0, 0.1) is 5.41 Å². The Balaban J connectivity index is 0.000000143. The molecule has 0 amide bonds. The molecule has 2 aromatic carbocycles. The number of hydrogen-bond acceptors (Lipinski definition) is 7. The number of fused-ring (bicyclic) bond motifs is 5. The third kappa shape index (κ3) is 15.6. The van der Waals surface area contributed by atoms with Crippen molar-refractivity contribution >= 4 is 0 Å². The number of hydrogen-bond donors (Lipinski definition) is 0. The van der Waals surface area contributed by atoms with Crippen LogP contribution in [0.2, 0.25) is 0 Å². The minimum atomic E-state index is 0.259. The van der Waals surface area contributed by atoms with E-state index >= 15 is 0 Å². The van der Waals surface area contributed by atoms with Crippen LogP contribution in [-0.4, -0.2) is 82.9 Å². The first-order chi connectivity index (χ1) is 32.9. The summed E-state index contributed by atoms with van der Waals surface area (Å²) in [5.74, 6) is 0.757. The molecule has 3 aromatic heterocycles. The molecule has 0 spiro atoms. The molecular formula is C63H93N7. The van der Waals surface area contributed by atoms with Crippen LogP contribution in [0.25, 0.3) is 0 Å². The lowest BCUT2D eigenvalue weighted by Gasteiger charge is -2.39. The Kier molecular flexibility index (Phi) is 18.5. The lowest BCUT2D eigenvalue weighted by atomic mass is 9.69. The van der Waals surface area contributed by atoms with E-state index in [9.17, 15) is 0 Å². The Bertz CT molecular complexity index is 2130. The van der Waals surface area contributed by atoms with Gasteiger partial charge in [-0.05, 0) is 196 Å². The Labute approximate surface area is 426 Å². The maximum Gasteiger partial charge on any atom is 0.0576 e. The highest BCUT2D eigenvalue weighted by Gasteiger charge is 2.31. The first-order valence-corrected chi connectivity index (χ1v) is 26.8. The third-order valence-corrected chi connectivity index (χ3v) is 15.3. The zero-order chi connectivity index (χ0) is 50.9. The molecule has 0 saturated carbocycles. The fourth-order valence-electron chi connectivity index (χ4n) is 10.5. The van der Waals surface area contributed by atoms with Crippen molar-refractivity contribution in [3.63, 3.8) is 0 Å². The van der Waals surface area contributed by atoms with E-state index in [0.717, 1.165) is 64.4 Å². The molecule has 5 aromatic rings. The number of benzene rings is 2. The van der Waals surface area contributed by atoms with E-state index in [1.54, 1.807) is 11.1 Å². The normalized spacial score (nSPS) is 18.7. The summed E-state index contributed by atoms with van der Waals surface area (Å²) >= 11 is 0. The van der Waals surface area contributed by atoms with Crippen molar-refractivity contribution in [1.29, 1.82) is 0 Å². The van der Waals surface area contributed by atoms with Crippen molar-refractivity contribution in [2.75, 3.05) is 26.2 Å². The van der Waals surface area contributed by atoms with Crippen LogP contribution in [0.15, 0.2) is 104 Å². The van der Waals surface area contributed by atoms with Gasteiger partial charge >= 0.3 is 0 Å². The summed E-state index contributed by atoms with van der Waals surface area (Å²) in [6, 6.07) is 28.4. The first-order valence-electron chi connectivity index (χ1n) is 26.8. The van der Waals surface area contributed by atoms with Gasteiger partial charge in [-0.2, -0.15) is 0 Å². The van der Waals surface area contributed by atoms with E-state index in [2.05, 4.69) is 205 Å². The van der Waals surface area contributed by atoms with E-state index < -0.39 is 0 Å². The van der Waals surface area contributed by atoms with Gasteiger partial charge < -0.3 is 0 Å². The first kappa shape index (κ1) is 55.1. The summed E-state index contributed by atoms with van der Waals surface area (Å²) in [6.07, 6.45) is 16.3. The van der Waals surface area contributed by atoms with E-state index in [1.165, 1.54) is 83.5 Å². The maximum absolute atomic E-state index is 4.44. The van der Waals surface area contributed by atoms with E-state index in [0.29, 0.717) is 11.0 Å². The van der Waals surface area contributed by atoms with Crippen molar-refractivity contribution in [2.45, 2.75) is 203 Å². The smallest absolute Gasteiger partial charge is 0.0576 e. The molecule has 1 aliphatic carbocycles. The fraction of sp³-hybridized carbons (Fsp3) is 0.571. The van der Waals surface area contributed by atoms with Crippen LogP contribution >= 0.6 is 0 Å². The molecule has 1 atom stereocenters. The Morgan fingerprint density at radius 1 is 0.386 bits per heavy atom. The summed E-state index contributed by atoms with van der Waals surface area (Å²) in [5.41, 5.74) is 16.0. The minimum absolute atomic E-state index is 0.259. The topological polar surface area (TPSA) is 51.6 Å². The Morgan fingerprint density at radius 3 is 1.41 bits per heavy atom. The zero-order valence-electron chi connectivity index (χ0n) is 46.6. The van der Waals surface area contributed by atoms with E-state index in [-0.39, 0.29) is 16.6 Å². The largest absolute Gasteiger partial charge is 0.294 e. The molecule has 4 aliphatic heterocycles. The van der Waals surface area contributed by atoms with Crippen LogP contribution in [0.1, 0.15) is 179 Å². The minimum Gasteiger partial charge on any atom is -0.294 e. The fourth-order valence-corrected chi connectivity index (χ4v) is 10.5. The van der Waals surface area contributed by atoms with Gasteiger partial charge in [-0.1, -0.05) is 81.4 Å². The standard InChI is InChI=1S/C14H20.C13H19N.3C12H18N2/c1-14(2,3)13-10-6-8-11-7-4-5-9-12(11)13;1-13(2,3)14-9-8-11-6-4-5-7-12(11)10-14;1-12(2,3)14-7-5-10-4-6-13-8-11(10)9-14;1-12(2,3)14-8-6-11-10(9-14)5-4-7-13-11;1-12(2,3)14-8-6-10-5-4-7-13-11(10)9-14/h4-5,7,9,13H,6,8,10H2,1-3H3;4-7H,8-10H2,1-3H3;4,6,8H,5,7,9H2,1-3H3;2*4-5,7H,6,8-9H2,1-3H3. The highest BCUT2D eigenvalue weighted by molar-refractivity contribution is 5.34. The summed E-state index contributed by atoms with van der Waals surface area (Å²) in [4.78, 5) is 23.1. The molecule has 380 valence electrons. The van der Waals surface area contributed by atoms with E-state index in [4.69, 9.17) is 0 Å². The summed E-state index contributed by atoms with van der Waals surface area (Å²) < 4.78 is 0. The van der Waals surface area contributed by atoms with Gasteiger partial charge in [-0.25, -0.2) is 0 Å². The van der Waals surface area contributed by atoms with Crippen molar-refractivity contribution < 1.29 is 0 Å². The molecule has 5 aliphatic rings. The van der Waals surface area contributed by atoms with Gasteiger partial charge in [0.2, 0.25) is 0 Å². The molecular weight excluding hydrogens is 855 g/mol. The van der Waals surface area contributed by atoms with Crippen LogP contribution in [0.5, 0.6) is 0 Å². The average Bonchev–Trinajstić information content (AvgIpc) is 3.32. The Hall–Kier alpha value is -4.27. The molecule has 10 rings (SSSR count). The second-order valence-corrected chi connectivity index (χ2v) is 25.5. The molecule has 0 saturated heterocycles. The lowest BCUT2D eigenvalue weighted by molar-refractivity contribution is 0.118. The van der Waals surface area contributed by atoms with Crippen molar-refractivity contribution in [3.05, 3.63) is 160 Å². The third-order valence-electron chi connectivity index (χ3n) is 15.3.